The number of rotatable bonds is 4. The average molecular weight is 358 g/mol. The fourth-order valence-electron chi connectivity index (χ4n) is 1.76. The lowest BCUT2D eigenvalue weighted by Crippen LogP contribution is -2.35. The zero-order chi connectivity index (χ0) is 16.6. The van der Waals surface area contributed by atoms with Crippen LogP contribution in [0.3, 0.4) is 0 Å². The van der Waals surface area contributed by atoms with Crippen LogP contribution in [-0.4, -0.2) is 34.7 Å². The van der Waals surface area contributed by atoms with E-state index in [0.29, 0.717) is 6.07 Å². The van der Waals surface area contributed by atoms with Crippen LogP contribution in [0.1, 0.15) is 20.8 Å². The molecule has 0 heterocycles. The summed E-state index contributed by atoms with van der Waals surface area (Å²) in [5.74, 6) is -1.16. The molecular weight excluding hydrogens is 341 g/mol. The van der Waals surface area contributed by atoms with Gasteiger partial charge in [-0.05, 0) is 23.6 Å². The van der Waals surface area contributed by atoms with E-state index in [4.69, 9.17) is 10.7 Å². The lowest BCUT2D eigenvalue weighted by Gasteiger charge is -2.26. The summed E-state index contributed by atoms with van der Waals surface area (Å²) in [5, 5.41) is 0. The molecule has 1 rings (SSSR count). The van der Waals surface area contributed by atoms with Crippen molar-refractivity contribution in [2.24, 2.45) is 5.41 Å². The SMILES string of the molecule is CN(CC(C)(C)C)S(=O)(=O)c1ccc(S(=O)(=O)Cl)cc1F. The zero-order valence-electron chi connectivity index (χ0n) is 12.1. The molecule has 0 amide bonds. The molecule has 0 saturated carbocycles. The van der Waals surface area contributed by atoms with Crippen molar-refractivity contribution in [3.63, 3.8) is 0 Å². The molecule has 1 aromatic rings. The molecular formula is C12H17ClFNO4S2. The van der Waals surface area contributed by atoms with Crippen LogP contribution in [0.25, 0.3) is 0 Å². The molecule has 0 radical (unpaired) electrons. The lowest BCUT2D eigenvalue weighted by molar-refractivity contribution is 0.310. The molecule has 0 spiro atoms. The number of benzene rings is 1. The van der Waals surface area contributed by atoms with Crippen LogP contribution < -0.4 is 0 Å². The van der Waals surface area contributed by atoms with Gasteiger partial charge in [0.1, 0.15) is 10.7 Å². The third kappa shape index (κ3) is 4.64. The summed E-state index contributed by atoms with van der Waals surface area (Å²) >= 11 is 0. The molecule has 0 saturated heterocycles. The van der Waals surface area contributed by atoms with Crippen LogP contribution in [0.15, 0.2) is 28.0 Å². The number of sulfonamides is 1. The predicted octanol–water partition coefficient (Wildman–Crippen LogP) is 2.42. The van der Waals surface area contributed by atoms with Gasteiger partial charge < -0.3 is 0 Å². The third-order valence-corrected chi connectivity index (χ3v) is 5.76. The Bertz CT molecular complexity index is 739. The fraction of sp³-hybridized carbons (Fsp3) is 0.500. The quantitative estimate of drug-likeness (QED) is 0.776. The summed E-state index contributed by atoms with van der Waals surface area (Å²) in [7, 11) is -1.73. The highest BCUT2D eigenvalue weighted by Gasteiger charge is 2.28. The van der Waals surface area contributed by atoms with Crippen molar-refractivity contribution >= 4 is 29.8 Å². The molecule has 9 heteroatoms. The van der Waals surface area contributed by atoms with Gasteiger partial charge in [0.25, 0.3) is 9.05 Å². The smallest absolute Gasteiger partial charge is 0.207 e. The first-order valence-electron chi connectivity index (χ1n) is 5.96. The van der Waals surface area contributed by atoms with Gasteiger partial charge in [0.15, 0.2) is 0 Å². The zero-order valence-corrected chi connectivity index (χ0v) is 14.5. The Hall–Kier alpha value is -0.700. The maximum Gasteiger partial charge on any atom is 0.261 e. The van der Waals surface area contributed by atoms with Crippen LogP contribution in [0.2, 0.25) is 0 Å². The number of halogens is 2. The minimum absolute atomic E-state index is 0.185. The Morgan fingerprint density at radius 2 is 1.71 bits per heavy atom. The van der Waals surface area contributed by atoms with Gasteiger partial charge in [0.05, 0.1) is 4.90 Å². The monoisotopic (exact) mass is 357 g/mol. The summed E-state index contributed by atoms with van der Waals surface area (Å²) in [4.78, 5) is -1.07. The van der Waals surface area contributed by atoms with E-state index in [9.17, 15) is 21.2 Å². The molecule has 0 aliphatic heterocycles. The molecule has 0 N–H and O–H groups in total. The normalized spacial score (nSPS) is 13.7. The van der Waals surface area contributed by atoms with Gasteiger partial charge in [-0.1, -0.05) is 20.8 Å². The van der Waals surface area contributed by atoms with Crippen molar-refractivity contribution in [1.29, 1.82) is 0 Å². The van der Waals surface area contributed by atoms with E-state index in [1.807, 2.05) is 20.8 Å². The third-order valence-electron chi connectivity index (χ3n) is 2.57. The Morgan fingerprint density at radius 3 is 2.10 bits per heavy atom. The van der Waals surface area contributed by atoms with Gasteiger partial charge in [-0.15, -0.1) is 0 Å². The molecule has 120 valence electrons. The van der Waals surface area contributed by atoms with Gasteiger partial charge >= 0.3 is 0 Å². The van der Waals surface area contributed by atoms with Crippen molar-refractivity contribution in [3.05, 3.63) is 24.0 Å². The second-order valence-corrected chi connectivity index (χ2v) is 10.4. The molecule has 0 fully saturated rings. The summed E-state index contributed by atoms with van der Waals surface area (Å²) in [5.41, 5.74) is -0.308. The highest BCUT2D eigenvalue weighted by atomic mass is 35.7. The number of hydrogen-bond donors (Lipinski definition) is 0. The largest absolute Gasteiger partial charge is 0.261 e. The summed E-state index contributed by atoms with van der Waals surface area (Å²) in [6.45, 7) is 5.72. The van der Waals surface area contributed by atoms with E-state index in [2.05, 4.69) is 0 Å². The van der Waals surface area contributed by atoms with Crippen molar-refractivity contribution in [1.82, 2.24) is 4.31 Å². The summed E-state index contributed by atoms with van der Waals surface area (Å²) < 4.78 is 61.8. The van der Waals surface area contributed by atoms with Crippen molar-refractivity contribution in [2.75, 3.05) is 13.6 Å². The van der Waals surface area contributed by atoms with E-state index in [0.717, 1.165) is 16.4 Å². The minimum atomic E-state index is -4.11. The van der Waals surface area contributed by atoms with E-state index < -0.39 is 34.7 Å². The first kappa shape index (κ1) is 18.3. The van der Waals surface area contributed by atoms with Crippen molar-refractivity contribution < 1.29 is 21.2 Å². The first-order valence-corrected chi connectivity index (χ1v) is 9.71. The second-order valence-electron chi connectivity index (χ2n) is 5.85. The van der Waals surface area contributed by atoms with Gasteiger partial charge in [0, 0.05) is 24.3 Å². The molecule has 0 aliphatic rings. The van der Waals surface area contributed by atoms with Crippen LogP contribution in [-0.2, 0) is 19.1 Å². The topological polar surface area (TPSA) is 71.5 Å². The van der Waals surface area contributed by atoms with Gasteiger partial charge in [-0.2, -0.15) is 0 Å². The maximum atomic E-state index is 13.9. The lowest BCUT2D eigenvalue weighted by atomic mass is 9.97. The fourth-order valence-corrected chi connectivity index (χ4v) is 3.96. The maximum absolute atomic E-state index is 13.9. The molecule has 0 bridgehead atoms. The summed E-state index contributed by atoms with van der Waals surface area (Å²) in [6.07, 6.45) is 0. The van der Waals surface area contributed by atoms with E-state index in [1.54, 1.807) is 0 Å². The van der Waals surface area contributed by atoms with E-state index in [1.165, 1.54) is 7.05 Å². The van der Waals surface area contributed by atoms with Gasteiger partial charge in [0.2, 0.25) is 10.0 Å². The average Bonchev–Trinajstić information content (AvgIpc) is 2.24. The van der Waals surface area contributed by atoms with E-state index in [-0.39, 0.29) is 12.0 Å². The van der Waals surface area contributed by atoms with Gasteiger partial charge in [-0.3, -0.25) is 0 Å². The van der Waals surface area contributed by atoms with Crippen LogP contribution in [0, 0.1) is 11.2 Å². The number of nitrogens with zero attached hydrogens (tertiary/aromatic N) is 1. The Morgan fingerprint density at radius 1 is 1.19 bits per heavy atom. The van der Waals surface area contributed by atoms with Crippen molar-refractivity contribution in [2.45, 2.75) is 30.6 Å². The molecule has 0 unspecified atom stereocenters. The standard InChI is InChI=1S/C12H17ClFNO4S2/c1-12(2,3)8-15(4)21(18,19)11-6-5-9(7-10(11)14)20(13,16)17/h5-7H,8H2,1-4H3. The molecule has 21 heavy (non-hydrogen) atoms. The Labute approximate surface area is 129 Å². The first-order chi connectivity index (χ1) is 9.25. The highest BCUT2D eigenvalue weighted by molar-refractivity contribution is 8.13. The second kappa shape index (κ2) is 5.83. The summed E-state index contributed by atoms with van der Waals surface area (Å²) in [6, 6.07) is 2.46. The van der Waals surface area contributed by atoms with Crippen LogP contribution >= 0.6 is 10.7 Å². The Kier molecular flexibility index (Phi) is 5.09. The Balaban J connectivity index is 3.28. The molecule has 0 atom stereocenters. The van der Waals surface area contributed by atoms with Gasteiger partial charge in [-0.25, -0.2) is 25.5 Å². The molecule has 1 aromatic carbocycles. The molecule has 0 aromatic heterocycles. The van der Waals surface area contributed by atoms with E-state index >= 15 is 0 Å². The van der Waals surface area contributed by atoms with Crippen molar-refractivity contribution in [3.8, 4) is 0 Å². The minimum Gasteiger partial charge on any atom is -0.207 e. The van der Waals surface area contributed by atoms with Crippen LogP contribution in [0.5, 0.6) is 0 Å². The highest BCUT2D eigenvalue weighted by Crippen LogP contribution is 2.25. The predicted molar refractivity (Wildman–Crippen MR) is 78.7 cm³/mol. The number of hydrogen-bond acceptors (Lipinski definition) is 4. The van der Waals surface area contributed by atoms with Crippen LogP contribution in [0.4, 0.5) is 4.39 Å². The molecule has 0 aliphatic carbocycles. The molecule has 5 nitrogen and oxygen atoms in total.